The van der Waals surface area contributed by atoms with E-state index in [9.17, 15) is 19.5 Å². The summed E-state index contributed by atoms with van der Waals surface area (Å²) in [6.45, 7) is 8.60. The zero-order chi connectivity index (χ0) is 26.5. The van der Waals surface area contributed by atoms with Crippen molar-refractivity contribution in [2.24, 2.45) is 17.6 Å². The smallest absolute Gasteiger partial charge is 0.245 e. The number of amides is 3. The van der Waals surface area contributed by atoms with E-state index < -0.39 is 36.5 Å². The molecule has 1 aliphatic heterocycles. The molecule has 1 spiro atoms. The largest absolute Gasteiger partial charge is 0.394 e. The van der Waals surface area contributed by atoms with E-state index in [2.05, 4.69) is 41.0 Å². The highest BCUT2D eigenvalue weighted by molar-refractivity contribution is 5.93. The first-order valence-corrected chi connectivity index (χ1v) is 13.2. The number of nitrogens with one attached hydrogen (secondary N) is 2. The molecule has 1 aliphatic carbocycles. The number of rotatable bonds is 10. The van der Waals surface area contributed by atoms with E-state index >= 15 is 0 Å². The van der Waals surface area contributed by atoms with Gasteiger partial charge in [-0.2, -0.15) is 0 Å². The summed E-state index contributed by atoms with van der Waals surface area (Å²) in [5, 5.41) is 14.8. The van der Waals surface area contributed by atoms with Gasteiger partial charge in [0.05, 0.1) is 6.61 Å². The van der Waals surface area contributed by atoms with Crippen molar-refractivity contribution in [1.29, 1.82) is 0 Å². The Morgan fingerprint density at radius 2 is 1.75 bits per heavy atom. The normalized spacial score (nSPS) is 19.5. The zero-order valence-corrected chi connectivity index (χ0v) is 22.0. The third-order valence-electron chi connectivity index (χ3n) is 7.70. The molecule has 3 amide bonds. The number of fused-ring (bicyclic) bond motifs is 2. The Kier molecular flexibility index (Phi) is 9.30. The average Bonchev–Trinajstić information content (AvgIpc) is 3.23. The minimum atomic E-state index is -1.10. The van der Waals surface area contributed by atoms with Gasteiger partial charge in [-0.15, -0.1) is 0 Å². The molecule has 4 atom stereocenters. The number of carbonyl (C=O) groups excluding carboxylic acids is 3. The summed E-state index contributed by atoms with van der Waals surface area (Å²) in [5.74, 6) is -1.01. The Hall–Kier alpha value is -2.71. The van der Waals surface area contributed by atoms with Crippen molar-refractivity contribution in [1.82, 2.24) is 15.5 Å². The first-order valence-electron chi connectivity index (χ1n) is 13.2. The Balaban J connectivity index is 1.70. The number of piperidine rings is 1. The fraction of sp³-hybridized carbons (Fsp3) is 0.607. The van der Waals surface area contributed by atoms with E-state index in [4.69, 9.17) is 5.73 Å². The molecule has 0 saturated carbocycles. The summed E-state index contributed by atoms with van der Waals surface area (Å²) >= 11 is 0. The van der Waals surface area contributed by atoms with Gasteiger partial charge in [-0.3, -0.25) is 14.4 Å². The SMILES string of the molecule is CC[C@H](C)[C@H](NC(=O)[C@H](CC(C)C)NC(=O)[C@@H](N)CO)C(=O)N1CCC2(C=Cc3ccccc32)CC1. The predicted molar refractivity (Wildman–Crippen MR) is 141 cm³/mol. The van der Waals surface area contributed by atoms with Crippen LogP contribution in [0.15, 0.2) is 30.3 Å². The summed E-state index contributed by atoms with van der Waals surface area (Å²) in [5.41, 5.74) is 8.19. The van der Waals surface area contributed by atoms with E-state index in [0.717, 1.165) is 19.3 Å². The quantitative estimate of drug-likeness (QED) is 0.393. The zero-order valence-electron chi connectivity index (χ0n) is 22.0. The summed E-state index contributed by atoms with van der Waals surface area (Å²) in [4.78, 5) is 41.1. The van der Waals surface area contributed by atoms with Crippen molar-refractivity contribution >= 4 is 23.8 Å². The third-order valence-corrected chi connectivity index (χ3v) is 7.70. The predicted octanol–water partition coefficient (Wildman–Crippen LogP) is 1.96. The van der Waals surface area contributed by atoms with Crippen LogP contribution >= 0.6 is 0 Å². The maximum absolute atomic E-state index is 13.7. The van der Waals surface area contributed by atoms with Gasteiger partial charge in [0.1, 0.15) is 18.1 Å². The van der Waals surface area contributed by atoms with E-state index in [-0.39, 0.29) is 23.2 Å². The van der Waals surface area contributed by atoms with E-state index in [1.54, 1.807) is 0 Å². The molecule has 8 nitrogen and oxygen atoms in total. The van der Waals surface area contributed by atoms with Crippen LogP contribution in [0.2, 0.25) is 0 Å². The van der Waals surface area contributed by atoms with Crippen LogP contribution in [0.5, 0.6) is 0 Å². The lowest BCUT2D eigenvalue weighted by Crippen LogP contribution is -2.59. The van der Waals surface area contributed by atoms with E-state index in [0.29, 0.717) is 19.5 Å². The molecule has 1 aromatic rings. The number of hydrogen-bond donors (Lipinski definition) is 4. The summed E-state index contributed by atoms with van der Waals surface area (Å²) < 4.78 is 0. The highest BCUT2D eigenvalue weighted by atomic mass is 16.3. The second-order valence-corrected chi connectivity index (χ2v) is 10.8. The van der Waals surface area contributed by atoms with Crippen molar-refractivity contribution in [3.8, 4) is 0 Å². The monoisotopic (exact) mass is 498 g/mol. The Labute approximate surface area is 214 Å². The lowest BCUT2D eigenvalue weighted by atomic mass is 9.74. The number of hydrogen-bond acceptors (Lipinski definition) is 5. The summed E-state index contributed by atoms with van der Waals surface area (Å²) in [6, 6.07) is 5.81. The highest BCUT2D eigenvalue weighted by Gasteiger charge is 2.41. The first kappa shape index (κ1) is 27.9. The lowest BCUT2D eigenvalue weighted by Gasteiger charge is -2.41. The molecular weight excluding hydrogens is 456 g/mol. The van der Waals surface area contributed by atoms with E-state index in [1.807, 2.05) is 38.7 Å². The van der Waals surface area contributed by atoms with Crippen molar-refractivity contribution in [2.45, 2.75) is 76.9 Å². The van der Waals surface area contributed by atoms with Gasteiger partial charge >= 0.3 is 0 Å². The molecule has 198 valence electrons. The van der Waals surface area contributed by atoms with Gasteiger partial charge in [0, 0.05) is 18.5 Å². The van der Waals surface area contributed by atoms with Crippen LogP contribution in [0.1, 0.15) is 64.5 Å². The molecule has 3 rings (SSSR count). The molecule has 8 heteroatoms. The van der Waals surface area contributed by atoms with Gasteiger partial charge in [-0.25, -0.2) is 0 Å². The Morgan fingerprint density at radius 3 is 2.36 bits per heavy atom. The number of likely N-dealkylation sites (tertiary alicyclic amines) is 1. The van der Waals surface area contributed by atoms with Crippen LogP contribution in [0.4, 0.5) is 0 Å². The van der Waals surface area contributed by atoms with Crippen LogP contribution < -0.4 is 16.4 Å². The average molecular weight is 499 g/mol. The lowest BCUT2D eigenvalue weighted by molar-refractivity contribution is -0.140. The second-order valence-electron chi connectivity index (χ2n) is 10.8. The van der Waals surface area contributed by atoms with Gasteiger partial charge in [0.15, 0.2) is 0 Å². The molecule has 0 radical (unpaired) electrons. The van der Waals surface area contributed by atoms with E-state index in [1.165, 1.54) is 11.1 Å². The van der Waals surface area contributed by atoms with Crippen molar-refractivity contribution in [2.75, 3.05) is 19.7 Å². The first-order chi connectivity index (χ1) is 17.1. The third kappa shape index (κ3) is 6.16. The standard InChI is InChI=1S/C28H42N4O4/c1-5-19(4)24(31-26(35)23(16-18(2)3)30-25(34)22(29)17-33)27(36)32-14-12-28(13-15-32)11-10-20-8-6-7-9-21(20)28/h6-11,18-19,22-24,33H,5,12-17,29H2,1-4H3,(H,30,34)(H,31,35)/t19-,22-,23-,24-/m0/s1. The van der Waals surface area contributed by atoms with Crippen molar-refractivity contribution in [3.63, 3.8) is 0 Å². The summed E-state index contributed by atoms with van der Waals surface area (Å²) in [7, 11) is 0. The Bertz CT molecular complexity index is 968. The van der Waals surface area contributed by atoms with Crippen molar-refractivity contribution in [3.05, 3.63) is 41.5 Å². The van der Waals surface area contributed by atoms with Crippen LogP contribution in [-0.2, 0) is 19.8 Å². The molecular formula is C28H42N4O4. The minimum Gasteiger partial charge on any atom is -0.394 e. The molecule has 1 aromatic carbocycles. The number of carbonyl (C=O) groups is 3. The molecule has 0 unspecified atom stereocenters. The van der Waals surface area contributed by atoms with Gasteiger partial charge in [-0.05, 0) is 42.2 Å². The number of benzene rings is 1. The second kappa shape index (κ2) is 12.0. The maximum Gasteiger partial charge on any atom is 0.245 e. The highest BCUT2D eigenvalue weighted by Crippen LogP contribution is 2.43. The molecule has 0 aromatic heterocycles. The van der Waals surface area contributed by atoms with Gasteiger partial charge in [0.2, 0.25) is 17.7 Å². The van der Waals surface area contributed by atoms with Crippen LogP contribution in [0, 0.1) is 11.8 Å². The van der Waals surface area contributed by atoms with Gasteiger partial charge in [-0.1, -0.05) is 70.5 Å². The molecule has 1 heterocycles. The minimum absolute atomic E-state index is 0.0272. The summed E-state index contributed by atoms with van der Waals surface area (Å²) in [6.07, 6.45) is 7.28. The number of nitrogens with zero attached hydrogens (tertiary/aromatic N) is 1. The van der Waals surface area contributed by atoms with Crippen molar-refractivity contribution < 1.29 is 19.5 Å². The maximum atomic E-state index is 13.7. The van der Waals surface area contributed by atoms with Gasteiger partial charge < -0.3 is 26.4 Å². The molecule has 1 fully saturated rings. The number of allylic oxidation sites excluding steroid dienone is 1. The van der Waals surface area contributed by atoms with Crippen LogP contribution in [-0.4, -0.2) is 65.5 Å². The molecule has 36 heavy (non-hydrogen) atoms. The van der Waals surface area contributed by atoms with Gasteiger partial charge in [0.25, 0.3) is 0 Å². The molecule has 2 aliphatic rings. The number of nitrogens with two attached hydrogens (primary N) is 1. The number of aliphatic hydroxyl groups excluding tert-OH is 1. The van der Waals surface area contributed by atoms with Crippen LogP contribution in [0.3, 0.4) is 0 Å². The Morgan fingerprint density at radius 1 is 1.08 bits per heavy atom. The van der Waals surface area contributed by atoms with Crippen LogP contribution in [0.25, 0.3) is 6.08 Å². The molecule has 5 N–H and O–H groups in total. The molecule has 0 bridgehead atoms. The molecule has 1 saturated heterocycles. The number of aliphatic hydroxyl groups is 1. The fourth-order valence-corrected chi connectivity index (χ4v) is 5.20. The topological polar surface area (TPSA) is 125 Å². The fourth-order valence-electron chi connectivity index (χ4n) is 5.20.